The second-order valence-electron chi connectivity index (χ2n) is 5.76. The number of nitrogens with zero attached hydrogens (tertiary/aromatic N) is 1. The van der Waals surface area contributed by atoms with Gasteiger partial charge in [-0.2, -0.15) is 8.78 Å². The maximum absolute atomic E-state index is 12.4. The first kappa shape index (κ1) is 19.9. The van der Waals surface area contributed by atoms with E-state index in [1.165, 1.54) is 19.6 Å². The molecule has 0 spiro atoms. The third-order valence-corrected chi connectivity index (χ3v) is 4.30. The SMILES string of the molecule is COc1cc(CN2CCCC(C)C2CN)ccc1OC(F)F.Cl. The molecule has 0 aromatic heterocycles. The standard InChI is InChI=1S/C16H24F2N2O2.ClH/c1-11-4-3-7-20(13(11)9-19)10-12-5-6-14(22-16(17)18)15(8-12)21-2;/h5-6,8,11,13,16H,3-4,7,9-10,19H2,1-2H3;1H. The van der Waals surface area contributed by atoms with Crippen LogP contribution >= 0.6 is 12.4 Å². The third-order valence-electron chi connectivity index (χ3n) is 4.30. The summed E-state index contributed by atoms with van der Waals surface area (Å²) in [5.74, 6) is 0.956. The van der Waals surface area contributed by atoms with E-state index in [4.69, 9.17) is 10.5 Å². The molecular weight excluding hydrogens is 326 g/mol. The van der Waals surface area contributed by atoms with Crippen molar-refractivity contribution in [2.75, 3.05) is 20.2 Å². The van der Waals surface area contributed by atoms with Crippen LogP contribution in [0.1, 0.15) is 25.3 Å². The number of halogens is 3. The second kappa shape index (κ2) is 9.25. The summed E-state index contributed by atoms with van der Waals surface area (Å²) >= 11 is 0. The smallest absolute Gasteiger partial charge is 0.387 e. The van der Waals surface area contributed by atoms with Crippen LogP contribution in [0.4, 0.5) is 8.78 Å². The Morgan fingerprint density at radius 3 is 2.70 bits per heavy atom. The third kappa shape index (κ3) is 5.19. The highest BCUT2D eigenvalue weighted by atomic mass is 35.5. The van der Waals surface area contributed by atoms with Crippen LogP contribution in [0.15, 0.2) is 18.2 Å². The van der Waals surface area contributed by atoms with Crippen molar-refractivity contribution in [1.29, 1.82) is 0 Å². The number of hydrogen-bond donors (Lipinski definition) is 1. The van der Waals surface area contributed by atoms with Gasteiger partial charge in [-0.15, -0.1) is 12.4 Å². The number of nitrogens with two attached hydrogens (primary N) is 1. The highest BCUT2D eigenvalue weighted by Crippen LogP contribution is 2.31. The fourth-order valence-corrected chi connectivity index (χ4v) is 3.15. The summed E-state index contributed by atoms with van der Waals surface area (Å²) in [6, 6.07) is 5.44. The maximum atomic E-state index is 12.4. The molecule has 0 saturated carbocycles. The first-order valence-electron chi connectivity index (χ1n) is 7.61. The molecule has 1 fully saturated rings. The van der Waals surface area contributed by atoms with E-state index >= 15 is 0 Å². The van der Waals surface area contributed by atoms with E-state index in [2.05, 4.69) is 16.6 Å². The van der Waals surface area contributed by atoms with E-state index in [1.54, 1.807) is 12.1 Å². The van der Waals surface area contributed by atoms with Crippen molar-refractivity contribution >= 4 is 12.4 Å². The molecular formula is C16H25ClF2N2O2. The highest BCUT2D eigenvalue weighted by Gasteiger charge is 2.27. The molecule has 2 atom stereocenters. The second-order valence-corrected chi connectivity index (χ2v) is 5.76. The summed E-state index contributed by atoms with van der Waals surface area (Å²) in [7, 11) is 1.45. The average Bonchev–Trinajstić information content (AvgIpc) is 2.48. The van der Waals surface area contributed by atoms with Crippen LogP contribution in [0.25, 0.3) is 0 Å². The molecule has 1 heterocycles. The van der Waals surface area contributed by atoms with E-state index in [0.717, 1.165) is 25.1 Å². The highest BCUT2D eigenvalue weighted by molar-refractivity contribution is 5.85. The molecule has 0 amide bonds. The average molecular weight is 351 g/mol. The van der Waals surface area contributed by atoms with Gasteiger partial charge in [0, 0.05) is 19.1 Å². The number of rotatable bonds is 6. The van der Waals surface area contributed by atoms with Crippen molar-refractivity contribution < 1.29 is 18.3 Å². The Bertz CT molecular complexity index is 491. The Morgan fingerprint density at radius 2 is 2.09 bits per heavy atom. The molecule has 1 aliphatic heterocycles. The lowest BCUT2D eigenvalue weighted by Crippen LogP contribution is -2.47. The minimum absolute atomic E-state index is 0. The predicted octanol–water partition coefficient (Wildman–Crippen LogP) is 3.28. The topological polar surface area (TPSA) is 47.7 Å². The maximum Gasteiger partial charge on any atom is 0.387 e. The van der Waals surface area contributed by atoms with E-state index in [1.807, 2.05) is 0 Å². The monoisotopic (exact) mass is 350 g/mol. The Labute approximate surface area is 142 Å². The Morgan fingerprint density at radius 1 is 1.35 bits per heavy atom. The zero-order chi connectivity index (χ0) is 16.1. The molecule has 7 heteroatoms. The van der Waals surface area contributed by atoms with Gasteiger partial charge in [-0.05, 0) is 43.0 Å². The number of likely N-dealkylation sites (tertiary alicyclic amines) is 1. The van der Waals surface area contributed by atoms with Crippen molar-refractivity contribution in [1.82, 2.24) is 4.90 Å². The Balaban J connectivity index is 0.00000264. The van der Waals surface area contributed by atoms with Crippen molar-refractivity contribution in [3.63, 3.8) is 0 Å². The van der Waals surface area contributed by atoms with Gasteiger partial charge >= 0.3 is 6.61 Å². The van der Waals surface area contributed by atoms with E-state index in [-0.39, 0.29) is 18.2 Å². The Hall–Kier alpha value is -1.11. The van der Waals surface area contributed by atoms with Gasteiger partial charge in [-0.3, -0.25) is 4.90 Å². The fourth-order valence-electron chi connectivity index (χ4n) is 3.15. The van der Waals surface area contributed by atoms with E-state index < -0.39 is 6.61 Å². The normalized spacial score (nSPS) is 21.8. The molecule has 1 saturated heterocycles. The van der Waals surface area contributed by atoms with Crippen LogP contribution in [0.5, 0.6) is 11.5 Å². The summed E-state index contributed by atoms with van der Waals surface area (Å²) in [6.45, 7) is 1.74. The van der Waals surface area contributed by atoms with Crippen molar-refractivity contribution in [2.45, 2.75) is 39.0 Å². The molecule has 2 unspecified atom stereocenters. The van der Waals surface area contributed by atoms with Crippen LogP contribution < -0.4 is 15.2 Å². The molecule has 1 aromatic rings. The largest absolute Gasteiger partial charge is 0.493 e. The molecule has 0 radical (unpaired) electrons. The molecule has 1 aliphatic rings. The number of benzene rings is 1. The van der Waals surface area contributed by atoms with Gasteiger partial charge in [0.1, 0.15) is 0 Å². The summed E-state index contributed by atoms with van der Waals surface area (Å²) < 4.78 is 34.3. The molecule has 23 heavy (non-hydrogen) atoms. The number of alkyl halides is 2. The molecule has 0 aliphatic carbocycles. The van der Waals surface area contributed by atoms with Crippen molar-refractivity contribution in [3.05, 3.63) is 23.8 Å². The van der Waals surface area contributed by atoms with Crippen LogP contribution in [0.3, 0.4) is 0 Å². The molecule has 4 nitrogen and oxygen atoms in total. The van der Waals surface area contributed by atoms with Crippen LogP contribution in [-0.2, 0) is 6.54 Å². The van der Waals surface area contributed by atoms with Gasteiger partial charge in [0.25, 0.3) is 0 Å². The fraction of sp³-hybridized carbons (Fsp3) is 0.625. The zero-order valence-corrected chi connectivity index (χ0v) is 14.3. The minimum Gasteiger partial charge on any atom is -0.493 e. The van der Waals surface area contributed by atoms with Gasteiger partial charge in [0.05, 0.1) is 7.11 Å². The minimum atomic E-state index is -2.86. The quantitative estimate of drug-likeness (QED) is 0.855. The summed E-state index contributed by atoms with van der Waals surface area (Å²) in [4.78, 5) is 2.36. The molecule has 2 N–H and O–H groups in total. The molecule has 1 aromatic carbocycles. The van der Waals surface area contributed by atoms with Gasteiger partial charge in [-0.25, -0.2) is 0 Å². The number of hydrogen-bond acceptors (Lipinski definition) is 4. The van der Waals surface area contributed by atoms with E-state index in [9.17, 15) is 8.78 Å². The summed E-state index contributed by atoms with van der Waals surface area (Å²) in [5.41, 5.74) is 6.91. The van der Waals surface area contributed by atoms with Gasteiger partial charge in [-0.1, -0.05) is 13.0 Å². The first-order valence-corrected chi connectivity index (χ1v) is 7.61. The van der Waals surface area contributed by atoms with Gasteiger partial charge in [0.15, 0.2) is 11.5 Å². The van der Waals surface area contributed by atoms with Gasteiger partial charge in [0.2, 0.25) is 0 Å². The molecule has 2 rings (SSSR count). The summed E-state index contributed by atoms with van der Waals surface area (Å²) in [5, 5.41) is 0. The number of piperidine rings is 1. The lowest BCUT2D eigenvalue weighted by molar-refractivity contribution is -0.0512. The Kier molecular flexibility index (Phi) is 8.02. The van der Waals surface area contributed by atoms with Crippen molar-refractivity contribution in [3.8, 4) is 11.5 Å². The van der Waals surface area contributed by atoms with Crippen molar-refractivity contribution in [2.24, 2.45) is 11.7 Å². The molecule has 132 valence electrons. The number of ether oxygens (including phenoxy) is 2. The lowest BCUT2D eigenvalue weighted by atomic mass is 9.90. The van der Waals surface area contributed by atoms with Crippen LogP contribution in [0.2, 0.25) is 0 Å². The van der Waals surface area contributed by atoms with Crippen LogP contribution in [-0.4, -0.2) is 37.8 Å². The first-order chi connectivity index (χ1) is 10.5. The lowest BCUT2D eigenvalue weighted by Gasteiger charge is -2.39. The van der Waals surface area contributed by atoms with Gasteiger partial charge < -0.3 is 15.2 Å². The van der Waals surface area contributed by atoms with E-state index in [0.29, 0.717) is 24.3 Å². The zero-order valence-electron chi connectivity index (χ0n) is 13.5. The number of methoxy groups -OCH3 is 1. The van der Waals surface area contributed by atoms with Crippen LogP contribution in [0, 0.1) is 5.92 Å². The molecule has 0 bridgehead atoms. The predicted molar refractivity (Wildman–Crippen MR) is 88.5 cm³/mol. The summed E-state index contributed by atoms with van der Waals surface area (Å²) in [6.07, 6.45) is 2.35.